The number of benzene rings is 2. The number of piperidine rings is 1. The van der Waals surface area contributed by atoms with E-state index in [2.05, 4.69) is 16.0 Å². The number of nitrogens with zero attached hydrogens (tertiary/aromatic N) is 2. The van der Waals surface area contributed by atoms with Crippen molar-refractivity contribution in [2.75, 3.05) is 33.4 Å². The summed E-state index contributed by atoms with van der Waals surface area (Å²) in [5.74, 6) is 1.68. The van der Waals surface area contributed by atoms with Crippen LogP contribution in [0.4, 0.5) is 4.39 Å². The maximum Gasteiger partial charge on any atom is 0.161 e. The van der Waals surface area contributed by atoms with Crippen molar-refractivity contribution in [3.05, 3.63) is 89.5 Å². The minimum absolute atomic E-state index is 0.00275. The van der Waals surface area contributed by atoms with Gasteiger partial charge in [-0.05, 0) is 93.2 Å². The average Bonchev–Trinajstić information content (AvgIpc) is 2.89. The molecule has 0 radical (unpaired) electrons. The van der Waals surface area contributed by atoms with E-state index in [4.69, 9.17) is 9.47 Å². The van der Waals surface area contributed by atoms with Crippen molar-refractivity contribution in [3.63, 3.8) is 0 Å². The number of pyridine rings is 1. The molecule has 0 spiro atoms. The van der Waals surface area contributed by atoms with Crippen LogP contribution in [0.1, 0.15) is 53.7 Å². The van der Waals surface area contributed by atoms with Gasteiger partial charge in [-0.1, -0.05) is 18.2 Å². The molecule has 4 rings (SSSR count). The van der Waals surface area contributed by atoms with Crippen LogP contribution in [0.2, 0.25) is 0 Å². The van der Waals surface area contributed by atoms with Crippen molar-refractivity contribution in [2.45, 2.75) is 32.1 Å². The Hall–Kier alpha value is -3.25. The minimum atomic E-state index is -0.210. The van der Waals surface area contributed by atoms with Gasteiger partial charge in [-0.25, -0.2) is 4.39 Å². The van der Waals surface area contributed by atoms with Crippen molar-refractivity contribution >= 4 is 5.78 Å². The van der Waals surface area contributed by atoms with E-state index in [1.165, 1.54) is 6.92 Å². The van der Waals surface area contributed by atoms with Gasteiger partial charge in [-0.15, -0.1) is 0 Å². The normalized spacial score (nSPS) is 15.5. The Bertz CT molecular complexity index is 1100. The summed E-state index contributed by atoms with van der Waals surface area (Å²) in [4.78, 5) is 18.7. The Labute approximate surface area is 206 Å². The molecule has 1 atom stereocenters. The Morgan fingerprint density at radius 3 is 2.51 bits per heavy atom. The maximum absolute atomic E-state index is 13.5. The van der Waals surface area contributed by atoms with Crippen LogP contribution in [0.5, 0.6) is 11.5 Å². The van der Waals surface area contributed by atoms with Gasteiger partial charge < -0.3 is 14.4 Å². The van der Waals surface area contributed by atoms with E-state index in [1.54, 1.807) is 37.4 Å². The van der Waals surface area contributed by atoms with Crippen LogP contribution < -0.4 is 9.47 Å². The lowest BCUT2D eigenvalue weighted by molar-refractivity contribution is 0.101. The number of carbonyl (C=O) groups excluding carboxylic acids is 1. The number of hydrogen-bond acceptors (Lipinski definition) is 5. The second-order valence-corrected chi connectivity index (χ2v) is 9.09. The number of rotatable bonds is 10. The van der Waals surface area contributed by atoms with Crippen molar-refractivity contribution < 1.29 is 18.7 Å². The van der Waals surface area contributed by atoms with Crippen molar-refractivity contribution in [3.8, 4) is 11.5 Å². The van der Waals surface area contributed by atoms with Crippen LogP contribution in [0.25, 0.3) is 0 Å². The summed E-state index contributed by atoms with van der Waals surface area (Å²) in [6.45, 7) is 5.13. The number of aromatic nitrogens is 1. The largest absolute Gasteiger partial charge is 0.493 e. The Morgan fingerprint density at radius 2 is 1.86 bits per heavy atom. The zero-order valence-corrected chi connectivity index (χ0v) is 20.5. The Morgan fingerprint density at radius 1 is 1.09 bits per heavy atom. The zero-order chi connectivity index (χ0) is 24.6. The van der Waals surface area contributed by atoms with E-state index in [1.807, 2.05) is 30.5 Å². The van der Waals surface area contributed by atoms with E-state index >= 15 is 0 Å². The molecule has 1 fully saturated rings. The third-order valence-corrected chi connectivity index (χ3v) is 6.79. The van der Waals surface area contributed by atoms with Gasteiger partial charge in [0.05, 0.1) is 13.7 Å². The Balaban J connectivity index is 1.29. The number of halogens is 1. The SMILES string of the molecule is COc1cc(C(C)=O)ccc1OCCCN1CCC(C(c2ccc(F)cc2)c2ccccn2)CC1. The van der Waals surface area contributed by atoms with Gasteiger partial charge >= 0.3 is 0 Å². The molecule has 0 N–H and O–H groups in total. The molecule has 0 saturated carbocycles. The fraction of sp³-hybridized carbons (Fsp3) is 0.379. The predicted octanol–water partition coefficient (Wildman–Crippen LogP) is 5.74. The molecule has 0 amide bonds. The summed E-state index contributed by atoms with van der Waals surface area (Å²) in [5.41, 5.74) is 2.79. The highest BCUT2D eigenvalue weighted by atomic mass is 19.1. The number of ether oxygens (including phenoxy) is 2. The van der Waals surface area contributed by atoms with Crippen LogP contribution in [-0.4, -0.2) is 49.0 Å². The highest BCUT2D eigenvalue weighted by molar-refractivity contribution is 5.94. The van der Waals surface area contributed by atoms with Crippen LogP contribution in [0.3, 0.4) is 0 Å². The summed E-state index contributed by atoms with van der Waals surface area (Å²) < 4.78 is 24.9. The first-order chi connectivity index (χ1) is 17.0. The van der Waals surface area contributed by atoms with Crippen LogP contribution in [0.15, 0.2) is 66.9 Å². The molecule has 0 bridgehead atoms. The molecule has 35 heavy (non-hydrogen) atoms. The lowest BCUT2D eigenvalue weighted by Gasteiger charge is -2.36. The van der Waals surface area contributed by atoms with Gasteiger partial charge in [0, 0.05) is 29.9 Å². The average molecular weight is 477 g/mol. The number of methoxy groups -OCH3 is 1. The molecule has 1 saturated heterocycles. The fourth-order valence-electron chi connectivity index (χ4n) is 4.90. The smallest absolute Gasteiger partial charge is 0.161 e. The molecular formula is C29H33FN2O3. The first kappa shape index (κ1) is 24.9. The maximum atomic E-state index is 13.5. The molecule has 1 aliphatic heterocycles. The first-order valence-electron chi connectivity index (χ1n) is 12.3. The molecule has 3 aromatic rings. The van der Waals surface area contributed by atoms with Crippen molar-refractivity contribution in [1.29, 1.82) is 0 Å². The monoisotopic (exact) mass is 476 g/mol. The predicted molar refractivity (Wildman–Crippen MR) is 135 cm³/mol. The lowest BCUT2D eigenvalue weighted by atomic mass is 9.78. The first-order valence-corrected chi connectivity index (χ1v) is 12.3. The van der Waals surface area contributed by atoms with E-state index in [0.29, 0.717) is 29.6 Å². The van der Waals surface area contributed by atoms with Crippen LogP contribution in [0, 0.1) is 11.7 Å². The highest BCUT2D eigenvalue weighted by Crippen LogP contribution is 2.37. The second-order valence-electron chi connectivity index (χ2n) is 9.09. The molecule has 1 unspecified atom stereocenters. The molecular weight excluding hydrogens is 443 g/mol. The molecule has 2 aromatic carbocycles. The fourth-order valence-corrected chi connectivity index (χ4v) is 4.90. The van der Waals surface area contributed by atoms with Gasteiger partial charge in [-0.3, -0.25) is 9.78 Å². The van der Waals surface area contributed by atoms with Crippen molar-refractivity contribution in [2.24, 2.45) is 5.92 Å². The number of Topliss-reactive ketones (excluding diaryl/α,β-unsaturated/α-hetero) is 1. The Kier molecular flexibility index (Phi) is 8.48. The minimum Gasteiger partial charge on any atom is -0.493 e. The molecule has 5 nitrogen and oxygen atoms in total. The molecule has 1 aromatic heterocycles. The van der Waals surface area contributed by atoms with E-state index < -0.39 is 0 Å². The molecule has 0 aliphatic carbocycles. The summed E-state index contributed by atoms with van der Waals surface area (Å²) in [7, 11) is 1.58. The quantitative estimate of drug-likeness (QED) is 0.276. The van der Waals surface area contributed by atoms with Crippen LogP contribution in [-0.2, 0) is 0 Å². The number of carbonyl (C=O) groups is 1. The molecule has 2 heterocycles. The van der Waals surface area contributed by atoms with Gasteiger partial charge in [0.2, 0.25) is 0 Å². The molecule has 1 aliphatic rings. The topological polar surface area (TPSA) is 51.7 Å². The van der Waals surface area contributed by atoms with Crippen molar-refractivity contribution in [1.82, 2.24) is 9.88 Å². The zero-order valence-electron chi connectivity index (χ0n) is 20.5. The van der Waals surface area contributed by atoms with E-state index in [0.717, 1.165) is 50.2 Å². The summed E-state index contributed by atoms with van der Waals surface area (Å²) >= 11 is 0. The third-order valence-electron chi connectivity index (χ3n) is 6.79. The number of ketones is 1. The van der Waals surface area contributed by atoms with Gasteiger partial charge in [0.25, 0.3) is 0 Å². The molecule has 6 heteroatoms. The number of hydrogen-bond donors (Lipinski definition) is 0. The summed E-state index contributed by atoms with van der Waals surface area (Å²) in [5, 5.41) is 0. The van der Waals surface area contributed by atoms with Crippen LogP contribution >= 0.6 is 0 Å². The van der Waals surface area contributed by atoms with Gasteiger partial charge in [0.1, 0.15) is 5.82 Å². The standard InChI is InChI=1S/C29H33FN2O3/c1-21(33)24-9-12-27(28(20-24)34-2)35-19-5-16-32-17-13-23(14-18-32)29(26-6-3-4-15-31-26)22-7-10-25(30)11-8-22/h3-4,6-12,15,20,23,29H,5,13-14,16-19H2,1-2H3. The van der Waals surface area contributed by atoms with Gasteiger partial charge in [0.15, 0.2) is 17.3 Å². The van der Waals surface area contributed by atoms with E-state index in [9.17, 15) is 9.18 Å². The lowest BCUT2D eigenvalue weighted by Crippen LogP contribution is -2.37. The number of likely N-dealkylation sites (tertiary alicyclic amines) is 1. The third kappa shape index (κ3) is 6.45. The summed E-state index contributed by atoms with van der Waals surface area (Å²) in [6, 6.07) is 18.2. The molecule has 184 valence electrons. The second kappa shape index (κ2) is 11.9. The summed E-state index contributed by atoms with van der Waals surface area (Å²) in [6.07, 6.45) is 4.88. The van der Waals surface area contributed by atoms with E-state index in [-0.39, 0.29) is 17.5 Å². The highest BCUT2D eigenvalue weighted by Gasteiger charge is 2.29. The van der Waals surface area contributed by atoms with Gasteiger partial charge in [-0.2, -0.15) is 0 Å².